The molecule has 18 heavy (non-hydrogen) atoms. The second kappa shape index (κ2) is 4.14. The maximum atomic E-state index is 6.30. The van der Waals surface area contributed by atoms with Gasteiger partial charge in [0.15, 0.2) is 0 Å². The Balaban J connectivity index is 2.19. The minimum atomic E-state index is 0.617. The summed E-state index contributed by atoms with van der Waals surface area (Å²) >= 11 is 6.30. The monoisotopic (exact) mass is 260 g/mol. The molecule has 5 heteroatoms. The van der Waals surface area contributed by atoms with Crippen LogP contribution in [0.3, 0.4) is 0 Å². The van der Waals surface area contributed by atoms with Crippen LogP contribution in [0.5, 0.6) is 0 Å². The normalized spacial score (nSPS) is 11.3. The van der Waals surface area contributed by atoms with Gasteiger partial charge in [-0.1, -0.05) is 30.7 Å². The molecule has 3 aromatic rings. The van der Waals surface area contributed by atoms with Gasteiger partial charge < -0.3 is 4.98 Å². The molecule has 92 valence electrons. The van der Waals surface area contributed by atoms with Gasteiger partial charge in [-0.15, -0.1) is 0 Å². The average Bonchev–Trinajstić information content (AvgIpc) is 2.92. The fraction of sp³-hybridized carbons (Fsp3) is 0.231. The highest BCUT2D eigenvalue weighted by atomic mass is 35.5. The molecule has 1 N–H and O–H groups in total. The zero-order chi connectivity index (χ0) is 12.7. The Morgan fingerprint density at radius 1 is 1.33 bits per heavy atom. The minimum absolute atomic E-state index is 0.617. The van der Waals surface area contributed by atoms with Gasteiger partial charge in [0.2, 0.25) is 5.95 Å². The number of hydrogen-bond donors (Lipinski definition) is 1. The lowest BCUT2D eigenvalue weighted by molar-refractivity contribution is 0.802. The molecule has 0 amide bonds. The summed E-state index contributed by atoms with van der Waals surface area (Å²) in [4.78, 5) is 7.72. The number of para-hydroxylation sites is 2. The zero-order valence-electron chi connectivity index (χ0n) is 10.2. The Morgan fingerprint density at radius 3 is 2.78 bits per heavy atom. The number of benzene rings is 1. The van der Waals surface area contributed by atoms with E-state index >= 15 is 0 Å². The number of fused-ring (bicyclic) bond motifs is 1. The lowest BCUT2D eigenvalue weighted by Crippen LogP contribution is -1.99. The summed E-state index contributed by atoms with van der Waals surface area (Å²) in [6.45, 7) is 4.04. The van der Waals surface area contributed by atoms with E-state index in [1.807, 2.05) is 31.2 Å². The van der Waals surface area contributed by atoms with Gasteiger partial charge in [-0.2, -0.15) is 9.78 Å². The molecule has 0 radical (unpaired) electrons. The molecule has 2 heterocycles. The second-order valence-electron chi connectivity index (χ2n) is 4.21. The molecule has 0 atom stereocenters. The van der Waals surface area contributed by atoms with Gasteiger partial charge in [0.25, 0.3) is 0 Å². The largest absolute Gasteiger partial charge is 0.322 e. The molecule has 3 rings (SSSR count). The van der Waals surface area contributed by atoms with E-state index in [1.165, 1.54) is 0 Å². The third-order valence-electron chi connectivity index (χ3n) is 3.06. The smallest absolute Gasteiger partial charge is 0.230 e. The molecule has 1 aromatic carbocycles. The predicted molar refractivity (Wildman–Crippen MR) is 72.3 cm³/mol. The van der Waals surface area contributed by atoms with Gasteiger partial charge >= 0.3 is 0 Å². The third kappa shape index (κ3) is 1.61. The summed E-state index contributed by atoms with van der Waals surface area (Å²) in [5.41, 5.74) is 3.91. The number of nitrogens with zero attached hydrogens (tertiary/aromatic N) is 3. The summed E-state index contributed by atoms with van der Waals surface area (Å²) in [5, 5.41) is 5.10. The SMILES string of the molecule is CCc1nn(-c2nc3ccccc3[nH]2)c(Cl)c1C. The van der Waals surface area contributed by atoms with Crippen molar-refractivity contribution in [2.45, 2.75) is 20.3 Å². The fourth-order valence-corrected chi connectivity index (χ4v) is 2.26. The molecule has 2 aromatic heterocycles. The summed E-state index contributed by atoms with van der Waals surface area (Å²) in [5.74, 6) is 0.656. The maximum absolute atomic E-state index is 6.30. The average molecular weight is 261 g/mol. The summed E-state index contributed by atoms with van der Waals surface area (Å²) in [7, 11) is 0. The van der Waals surface area contributed by atoms with Crippen molar-refractivity contribution in [3.05, 3.63) is 40.7 Å². The number of hydrogen-bond acceptors (Lipinski definition) is 2. The van der Waals surface area contributed by atoms with Gasteiger partial charge in [-0.3, -0.25) is 0 Å². The van der Waals surface area contributed by atoms with Crippen molar-refractivity contribution in [3.8, 4) is 5.95 Å². The Kier molecular flexibility index (Phi) is 2.59. The quantitative estimate of drug-likeness (QED) is 0.769. The first-order valence-electron chi connectivity index (χ1n) is 5.90. The van der Waals surface area contributed by atoms with Crippen molar-refractivity contribution in [2.24, 2.45) is 0 Å². The van der Waals surface area contributed by atoms with Gasteiger partial charge in [-0.05, 0) is 25.5 Å². The van der Waals surface area contributed by atoms with Crippen LogP contribution in [-0.4, -0.2) is 19.7 Å². The molecule has 0 aliphatic heterocycles. The molecule has 0 spiro atoms. The number of halogens is 1. The van der Waals surface area contributed by atoms with Crippen molar-refractivity contribution in [1.29, 1.82) is 0 Å². The summed E-state index contributed by atoms with van der Waals surface area (Å²) in [6, 6.07) is 7.87. The first kappa shape index (κ1) is 11.3. The highest BCUT2D eigenvalue weighted by Gasteiger charge is 2.14. The van der Waals surface area contributed by atoms with E-state index in [4.69, 9.17) is 11.6 Å². The van der Waals surface area contributed by atoms with Crippen LogP contribution in [0.1, 0.15) is 18.2 Å². The molecular weight excluding hydrogens is 248 g/mol. The van der Waals surface area contributed by atoms with E-state index in [9.17, 15) is 0 Å². The van der Waals surface area contributed by atoms with E-state index in [2.05, 4.69) is 22.0 Å². The van der Waals surface area contributed by atoms with Crippen LogP contribution in [0.4, 0.5) is 0 Å². The molecule has 0 aliphatic rings. The summed E-state index contributed by atoms with van der Waals surface area (Å²) < 4.78 is 1.66. The Labute approximate surface area is 110 Å². The van der Waals surface area contributed by atoms with Crippen LogP contribution >= 0.6 is 11.6 Å². The van der Waals surface area contributed by atoms with Crippen LogP contribution in [0, 0.1) is 6.92 Å². The molecule has 0 saturated heterocycles. The van der Waals surface area contributed by atoms with Crippen molar-refractivity contribution in [1.82, 2.24) is 19.7 Å². The van der Waals surface area contributed by atoms with Crippen molar-refractivity contribution >= 4 is 22.6 Å². The standard InChI is InChI=1S/C13H13ClN4/c1-3-9-8(2)12(14)18(17-9)13-15-10-6-4-5-7-11(10)16-13/h4-7H,3H2,1-2H3,(H,15,16). The first-order chi connectivity index (χ1) is 8.70. The number of H-pyrrole nitrogens is 1. The van der Waals surface area contributed by atoms with Gasteiger partial charge in [0.1, 0.15) is 5.15 Å². The number of aromatic amines is 1. The van der Waals surface area contributed by atoms with Crippen LogP contribution in [-0.2, 0) is 6.42 Å². The van der Waals surface area contributed by atoms with E-state index in [1.54, 1.807) is 4.68 Å². The van der Waals surface area contributed by atoms with E-state index in [-0.39, 0.29) is 0 Å². The van der Waals surface area contributed by atoms with Crippen molar-refractivity contribution < 1.29 is 0 Å². The summed E-state index contributed by atoms with van der Waals surface area (Å²) in [6.07, 6.45) is 0.860. The minimum Gasteiger partial charge on any atom is -0.322 e. The number of imidazole rings is 1. The van der Waals surface area contributed by atoms with Crippen LogP contribution in [0.25, 0.3) is 17.0 Å². The number of rotatable bonds is 2. The lowest BCUT2D eigenvalue weighted by atomic mass is 10.2. The Morgan fingerprint density at radius 2 is 2.11 bits per heavy atom. The first-order valence-corrected chi connectivity index (χ1v) is 6.27. The van der Waals surface area contributed by atoms with Crippen molar-refractivity contribution in [2.75, 3.05) is 0 Å². The number of nitrogens with one attached hydrogen (secondary N) is 1. The second-order valence-corrected chi connectivity index (χ2v) is 4.56. The van der Waals surface area contributed by atoms with E-state index in [0.29, 0.717) is 11.1 Å². The molecule has 0 aliphatic carbocycles. The maximum Gasteiger partial charge on any atom is 0.230 e. The molecule has 0 unspecified atom stereocenters. The topological polar surface area (TPSA) is 46.5 Å². The lowest BCUT2D eigenvalue weighted by Gasteiger charge is -1.96. The van der Waals surface area contributed by atoms with Crippen LogP contribution in [0.2, 0.25) is 5.15 Å². The Bertz CT molecular complexity index is 678. The van der Waals surface area contributed by atoms with Gasteiger partial charge in [0.05, 0.1) is 16.7 Å². The predicted octanol–water partition coefficient (Wildman–Crippen LogP) is 3.27. The van der Waals surface area contributed by atoms with Gasteiger partial charge in [-0.25, -0.2) is 4.98 Å². The number of aromatic nitrogens is 4. The van der Waals surface area contributed by atoms with Crippen LogP contribution in [0.15, 0.2) is 24.3 Å². The fourth-order valence-electron chi connectivity index (χ4n) is 2.03. The van der Waals surface area contributed by atoms with Gasteiger partial charge in [0, 0.05) is 5.56 Å². The van der Waals surface area contributed by atoms with Crippen LogP contribution < -0.4 is 0 Å². The number of aryl methyl sites for hydroxylation is 1. The molecular formula is C13H13ClN4. The zero-order valence-corrected chi connectivity index (χ0v) is 11.0. The third-order valence-corrected chi connectivity index (χ3v) is 3.50. The molecule has 0 bridgehead atoms. The molecule has 4 nitrogen and oxygen atoms in total. The molecule has 0 fully saturated rings. The van der Waals surface area contributed by atoms with E-state index in [0.717, 1.165) is 28.7 Å². The Hall–Kier alpha value is -1.81. The molecule has 0 saturated carbocycles. The van der Waals surface area contributed by atoms with Crippen molar-refractivity contribution in [3.63, 3.8) is 0 Å². The highest BCUT2D eigenvalue weighted by Crippen LogP contribution is 2.23. The van der Waals surface area contributed by atoms with E-state index < -0.39 is 0 Å². The highest BCUT2D eigenvalue weighted by molar-refractivity contribution is 6.30.